The molecular weight excluding hydrogens is 817 g/mol. The minimum atomic E-state index is -0.820. The van der Waals surface area contributed by atoms with Crippen molar-refractivity contribution in [1.29, 1.82) is 0 Å². The molecule has 0 heterocycles. The summed E-state index contributed by atoms with van der Waals surface area (Å²) in [6.07, 6.45) is 72.6. The standard InChI is InChI=1S/C60H98O6/c1-4-7-10-13-16-18-20-22-24-26-28-29-30-31-33-34-36-38-40-42-44-47-50-53-59(62)65-56-57(55-64-58(61)52-49-46-15-12-9-6-3)66-60(63)54-51-48-45-43-41-39-37-35-32-27-25-23-21-19-17-14-11-8-5-2/h8,11,17,19-20,22-23,25-26,28,30-32,35,39,41,45,48,57H,4-7,9-10,12-16,18,21,24,27,29,33-34,36-38,40,42-44,46-47,49-56H2,1-3H3/b11-8-,19-17-,22-20-,25-23-,28-26-,31-30-,35-32-,41-39-,48-45-. The molecule has 1 atom stereocenters. The predicted octanol–water partition coefficient (Wildman–Crippen LogP) is 17.9. The van der Waals surface area contributed by atoms with Gasteiger partial charge in [0.15, 0.2) is 6.10 Å². The van der Waals surface area contributed by atoms with Crippen molar-refractivity contribution in [2.24, 2.45) is 0 Å². The van der Waals surface area contributed by atoms with E-state index >= 15 is 0 Å². The summed E-state index contributed by atoms with van der Waals surface area (Å²) < 4.78 is 16.6. The molecule has 6 heteroatoms. The minimum absolute atomic E-state index is 0.112. The fourth-order valence-corrected chi connectivity index (χ4v) is 7.00. The molecule has 0 aliphatic rings. The third kappa shape index (κ3) is 51.1. The lowest BCUT2D eigenvalue weighted by Crippen LogP contribution is -2.30. The first kappa shape index (κ1) is 62.1. The van der Waals surface area contributed by atoms with E-state index < -0.39 is 12.1 Å². The number of rotatable bonds is 47. The molecule has 0 spiro atoms. The molecule has 0 amide bonds. The van der Waals surface area contributed by atoms with E-state index in [1.807, 2.05) is 12.2 Å². The van der Waals surface area contributed by atoms with Crippen LogP contribution in [0.1, 0.15) is 233 Å². The van der Waals surface area contributed by atoms with Crippen LogP contribution in [-0.4, -0.2) is 37.2 Å². The Bertz CT molecular complexity index is 1370. The number of hydrogen-bond donors (Lipinski definition) is 0. The van der Waals surface area contributed by atoms with Crippen molar-refractivity contribution in [2.45, 2.75) is 239 Å². The number of carbonyl (C=O) groups excluding carboxylic acids is 3. The molecule has 0 saturated heterocycles. The van der Waals surface area contributed by atoms with E-state index in [1.54, 1.807) is 0 Å². The Kier molecular flexibility index (Phi) is 50.5. The summed E-state index contributed by atoms with van der Waals surface area (Å²) in [5.74, 6) is -1.02. The van der Waals surface area contributed by atoms with Gasteiger partial charge in [-0.25, -0.2) is 0 Å². The summed E-state index contributed by atoms with van der Waals surface area (Å²) in [4.78, 5) is 37.8. The van der Waals surface area contributed by atoms with E-state index in [0.717, 1.165) is 96.3 Å². The topological polar surface area (TPSA) is 78.9 Å². The van der Waals surface area contributed by atoms with Crippen LogP contribution in [-0.2, 0) is 28.6 Å². The van der Waals surface area contributed by atoms with Gasteiger partial charge in [-0.2, -0.15) is 0 Å². The van der Waals surface area contributed by atoms with Crippen LogP contribution in [0.5, 0.6) is 0 Å². The van der Waals surface area contributed by atoms with Gasteiger partial charge in [-0.1, -0.05) is 226 Å². The van der Waals surface area contributed by atoms with Gasteiger partial charge in [0.1, 0.15) is 13.2 Å². The highest BCUT2D eigenvalue weighted by atomic mass is 16.6. The highest BCUT2D eigenvalue weighted by Crippen LogP contribution is 2.13. The molecule has 0 saturated carbocycles. The molecule has 0 N–H and O–H groups in total. The zero-order chi connectivity index (χ0) is 47.9. The summed E-state index contributed by atoms with van der Waals surface area (Å²) >= 11 is 0. The van der Waals surface area contributed by atoms with E-state index in [2.05, 4.69) is 118 Å². The summed E-state index contributed by atoms with van der Waals surface area (Å²) in [5.41, 5.74) is 0. The molecule has 374 valence electrons. The molecule has 0 aliphatic heterocycles. The van der Waals surface area contributed by atoms with Gasteiger partial charge in [-0.05, 0) is 96.3 Å². The lowest BCUT2D eigenvalue weighted by atomic mass is 10.1. The van der Waals surface area contributed by atoms with Crippen molar-refractivity contribution in [1.82, 2.24) is 0 Å². The second-order valence-corrected chi connectivity index (χ2v) is 17.4. The Balaban J connectivity index is 4.32. The molecule has 0 aromatic carbocycles. The lowest BCUT2D eigenvalue weighted by Gasteiger charge is -2.18. The van der Waals surface area contributed by atoms with Gasteiger partial charge < -0.3 is 14.2 Å². The molecule has 0 aliphatic carbocycles. The summed E-state index contributed by atoms with van der Waals surface area (Å²) in [5, 5.41) is 0. The molecule has 66 heavy (non-hydrogen) atoms. The Hall–Kier alpha value is -3.93. The molecule has 0 aromatic heterocycles. The first-order valence-corrected chi connectivity index (χ1v) is 26.9. The number of hydrogen-bond acceptors (Lipinski definition) is 6. The van der Waals surface area contributed by atoms with Crippen LogP contribution in [0.4, 0.5) is 0 Å². The van der Waals surface area contributed by atoms with Crippen LogP contribution in [0.3, 0.4) is 0 Å². The summed E-state index contributed by atoms with van der Waals surface area (Å²) in [6, 6.07) is 0. The number of carbonyl (C=O) groups is 3. The van der Waals surface area contributed by atoms with Crippen LogP contribution < -0.4 is 0 Å². The molecule has 0 aromatic rings. The zero-order valence-electron chi connectivity index (χ0n) is 42.7. The van der Waals surface area contributed by atoms with E-state index in [1.165, 1.54) is 89.9 Å². The van der Waals surface area contributed by atoms with Crippen molar-refractivity contribution in [3.8, 4) is 0 Å². The van der Waals surface area contributed by atoms with Gasteiger partial charge in [0.25, 0.3) is 0 Å². The van der Waals surface area contributed by atoms with E-state index in [4.69, 9.17) is 14.2 Å². The van der Waals surface area contributed by atoms with E-state index in [9.17, 15) is 14.4 Å². The molecule has 6 nitrogen and oxygen atoms in total. The SMILES string of the molecule is CC/C=C\C/C=C\C/C=C\C/C=C\C/C=C\C/C=C\CCC(=O)OC(COC(=O)CCCCCCCC)COC(=O)CCCCCCCCCC/C=C\C/C=C\C/C=C\CCCCCCC. The highest BCUT2D eigenvalue weighted by molar-refractivity contribution is 5.71. The quantitative estimate of drug-likeness (QED) is 0.0262. The smallest absolute Gasteiger partial charge is 0.306 e. The Morgan fingerprint density at radius 2 is 0.621 bits per heavy atom. The van der Waals surface area contributed by atoms with Crippen molar-refractivity contribution in [3.63, 3.8) is 0 Å². The van der Waals surface area contributed by atoms with Gasteiger partial charge in [-0.15, -0.1) is 0 Å². The zero-order valence-corrected chi connectivity index (χ0v) is 42.7. The van der Waals surface area contributed by atoms with Gasteiger partial charge >= 0.3 is 17.9 Å². The van der Waals surface area contributed by atoms with Crippen molar-refractivity contribution < 1.29 is 28.6 Å². The number of allylic oxidation sites excluding steroid dienone is 18. The van der Waals surface area contributed by atoms with E-state index in [-0.39, 0.29) is 31.6 Å². The molecule has 0 rings (SSSR count). The van der Waals surface area contributed by atoms with Crippen LogP contribution in [0.2, 0.25) is 0 Å². The van der Waals surface area contributed by atoms with Gasteiger partial charge in [0, 0.05) is 19.3 Å². The van der Waals surface area contributed by atoms with Crippen LogP contribution in [0.15, 0.2) is 109 Å². The third-order valence-electron chi connectivity index (χ3n) is 11.0. The minimum Gasteiger partial charge on any atom is -0.462 e. The average Bonchev–Trinajstić information content (AvgIpc) is 3.31. The predicted molar refractivity (Wildman–Crippen MR) is 283 cm³/mol. The van der Waals surface area contributed by atoms with Crippen molar-refractivity contribution in [2.75, 3.05) is 13.2 Å². The third-order valence-corrected chi connectivity index (χ3v) is 11.0. The maximum Gasteiger partial charge on any atom is 0.306 e. The maximum atomic E-state index is 12.7. The highest BCUT2D eigenvalue weighted by Gasteiger charge is 2.19. The van der Waals surface area contributed by atoms with Gasteiger partial charge in [0.05, 0.1) is 0 Å². The van der Waals surface area contributed by atoms with Gasteiger partial charge in [0.2, 0.25) is 0 Å². The molecule has 0 bridgehead atoms. The van der Waals surface area contributed by atoms with Gasteiger partial charge in [-0.3, -0.25) is 14.4 Å². The lowest BCUT2D eigenvalue weighted by molar-refractivity contribution is -0.166. The Morgan fingerprint density at radius 1 is 0.318 bits per heavy atom. The Labute approximate surface area is 406 Å². The van der Waals surface area contributed by atoms with Crippen LogP contribution >= 0.6 is 0 Å². The fourth-order valence-electron chi connectivity index (χ4n) is 7.00. The van der Waals surface area contributed by atoms with Crippen molar-refractivity contribution in [3.05, 3.63) is 109 Å². The summed E-state index contributed by atoms with van der Waals surface area (Å²) in [7, 11) is 0. The largest absolute Gasteiger partial charge is 0.462 e. The molecule has 1 unspecified atom stereocenters. The maximum absolute atomic E-state index is 12.7. The first-order chi connectivity index (χ1) is 32.5. The van der Waals surface area contributed by atoms with E-state index in [0.29, 0.717) is 19.3 Å². The normalized spacial score (nSPS) is 13.0. The number of esters is 3. The van der Waals surface area contributed by atoms with Crippen LogP contribution in [0.25, 0.3) is 0 Å². The monoisotopic (exact) mass is 915 g/mol. The fraction of sp³-hybridized carbons (Fsp3) is 0.650. The molecule has 0 radical (unpaired) electrons. The average molecular weight is 915 g/mol. The Morgan fingerprint density at radius 3 is 0.985 bits per heavy atom. The molecule has 0 fully saturated rings. The number of ether oxygens (including phenoxy) is 3. The number of unbranched alkanes of at least 4 members (excludes halogenated alkanes) is 18. The van der Waals surface area contributed by atoms with Crippen molar-refractivity contribution >= 4 is 17.9 Å². The molecular formula is C60H98O6. The second-order valence-electron chi connectivity index (χ2n) is 17.4. The first-order valence-electron chi connectivity index (χ1n) is 26.9. The van der Waals surface area contributed by atoms with Crippen LogP contribution in [0, 0.1) is 0 Å². The second kappa shape index (κ2) is 53.7. The summed E-state index contributed by atoms with van der Waals surface area (Å²) in [6.45, 7) is 6.37.